The number of halogens is 7. The lowest BCUT2D eigenvalue weighted by Crippen LogP contribution is -2.57. The molecule has 1 aromatic carbocycles. The van der Waals surface area contributed by atoms with Crippen molar-refractivity contribution in [3.8, 4) is 0 Å². The van der Waals surface area contributed by atoms with E-state index in [1.807, 2.05) is 4.90 Å². The Morgan fingerprint density at radius 2 is 1.74 bits per heavy atom. The molecule has 0 aliphatic carbocycles. The van der Waals surface area contributed by atoms with Crippen molar-refractivity contribution >= 4 is 11.7 Å². The number of rotatable bonds is 5. The van der Waals surface area contributed by atoms with Gasteiger partial charge in [-0.3, -0.25) is 9.69 Å². The zero-order valence-corrected chi connectivity index (χ0v) is 16.4. The first-order chi connectivity index (χ1) is 14.5. The van der Waals surface area contributed by atoms with Gasteiger partial charge in [0.1, 0.15) is 11.9 Å². The highest BCUT2D eigenvalue weighted by Gasteiger charge is 2.60. The third-order valence-electron chi connectivity index (χ3n) is 5.30. The van der Waals surface area contributed by atoms with Crippen LogP contribution in [0.2, 0.25) is 0 Å². The molecule has 5 nitrogen and oxygen atoms in total. The molecule has 0 spiro atoms. The van der Waals surface area contributed by atoms with E-state index in [1.165, 1.54) is 11.0 Å². The predicted molar refractivity (Wildman–Crippen MR) is 96.9 cm³/mol. The Bertz CT molecular complexity index is 765. The third-order valence-corrected chi connectivity index (χ3v) is 5.30. The number of carbonyl (C=O) groups is 1. The summed E-state index contributed by atoms with van der Waals surface area (Å²) in [7, 11) is 0. The van der Waals surface area contributed by atoms with E-state index in [2.05, 4.69) is 10.1 Å². The molecular weight excluding hydrogens is 435 g/mol. The molecule has 1 atom stereocenters. The summed E-state index contributed by atoms with van der Waals surface area (Å²) in [6.45, 7) is 1.79. The fourth-order valence-electron chi connectivity index (χ4n) is 3.78. The van der Waals surface area contributed by atoms with Crippen LogP contribution in [-0.4, -0.2) is 68.1 Å². The normalized spacial score (nSPS) is 21.0. The van der Waals surface area contributed by atoms with Gasteiger partial charge in [-0.25, -0.2) is 4.39 Å². The minimum absolute atomic E-state index is 0.0264. The maximum atomic E-state index is 14.5. The molecule has 2 fully saturated rings. The molecule has 174 valence electrons. The highest BCUT2D eigenvalue weighted by molar-refractivity contribution is 5.76. The predicted octanol–water partition coefficient (Wildman–Crippen LogP) is 3.24. The van der Waals surface area contributed by atoms with E-state index in [9.17, 15) is 35.5 Å². The summed E-state index contributed by atoms with van der Waals surface area (Å²) < 4.78 is 94.7. The largest absolute Gasteiger partial charge is 0.442 e. The molecule has 2 aliphatic rings. The van der Waals surface area contributed by atoms with Gasteiger partial charge in [0.25, 0.3) is 6.10 Å². The molecule has 1 unspecified atom stereocenters. The quantitative estimate of drug-likeness (QED) is 0.544. The summed E-state index contributed by atoms with van der Waals surface area (Å²) in [5.74, 6) is -2.11. The fraction of sp³-hybridized carbons (Fsp3) is 0.632. The molecule has 0 aromatic heterocycles. The van der Waals surface area contributed by atoms with Crippen LogP contribution in [0.15, 0.2) is 18.2 Å². The van der Waals surface area contributed by atoms with Gasteiger partial charge in [-0.15, -0.1) is 0 Å². The smallest absolute Gasteiger partial charge is 0.434 e. The van der Waals surface area contributed by atoms with Crippen molar-refractivity contribution in [2.45, 2.75) is 43.9 Å². The van der Waals surface area contributed by atoms with Crippen LogP contribution in [0.4, 0.5) is 36.4 Å². The highest BCUT2D eigenvalue weighted by atomic mass is 19.4. The van der Waals surface area contributed by atoms with Crippen LogP contribution in [-0.2, 0) is 16.1 Å². The summed E-state index contributed by atoms with van der Waals surface area (Å²) >= 11 is 0. The van der Waals surface area contributed by atoms with Crippen molar-refractivity contribution in [3.63, 3.8) is 0 Å². The van der Waals surface area contributed by atoms with Crippen molar-refractivity contribution in [1.82, 2.24) is 10.2 Å². The van der Waals surface area contributed by atoms with Crippen molar-refractivity contribution in [3.05, 3.63) is 29.6 Å². The number of anilines is 1. The zero-order chi connectivity index (χ0) is 22.8. The van der Waals surface area contributed by atoms with Crippen LogP contribution < -0.4 is 10.2 Å². The Balaban J connectivity index is 1.71. The van der Waals surface area contributed by atoms with Gasteiger partial charge in [-0.2, -0.15) is 26.3 Å². The van der Waals surface area contributed by atoms with E-state index in [-0.39, 0.29) is 19.6 Å². The topological polar surface area (TPSA) is 44.8 Å². The molecule has 2 saturated heterocycles. The molecule has 0 amide bonds. The summed E-state index contributed by atoms with van der Waals surface area (Å²) in [6.07, 6.45) is -13.8. The molecule has 2 heterocycles. The summed E-state index contributed by atoms with van der Waals surface area (Å²) in [6, 6.07) is 3.12. The van der Waals surface area contributed by atoms with Crippen LogP contribution in [0.3, 0.4) is 0 Å². The number of hydrogen-bond acceptors (Lipinski definition) is 5. The number of nitrogens with one attached hydrogen (secondary N) is 1. The molecule has 3 rings (SSSR count). The van der Waals surface area contributed by atoms with Crippen LogP contribution in [0.25, 0.3) is 0 Å². The third kappa shape index (κ3) is 5.79. The first-order valence-corrected chi connectivity index (χ1v) is 9.79. The first kappa shape index (κ1) is 23.6. The van der Waals surface area contributed by atoms with Crippen molar-refractivity contribution in [2.24, 2.45) is 0 Å². The molecule has 0 radical (unpaired) electrons. The molecular formula is C19H22F7N3O2. The number of alkyl halides is 6. The van der Waals surface area contributed by atoms with Crippen LogP contribution in [0.5, 0.6) is 0 Å². The second-order valence-electron chi connectivity index (χ2n) is 7.57. The van der Waals surface area contributed by atoms with Gasteiger partial charge in [0, 0.05) is 39.3 Å². The number of ether oxygens (including phenoxy) is 1. The highest BCUT2D eigenvalue weighted by Crippen LogP contribution is 2.36. The second kappa shape index (κ2) is 9.19. The lowest BCUT2D eigenvalue weighted by molar-refractivity contribution is -0.314. The van der Waals surface area contributed by atoms with Crippen molar-refractivity contribution in [1.29, 1.82) is 0 Å². The maximum absolute atomic E-state index is 14.5. The molecule has 31 heavy (non-hydrogen) atoms. The van der Waals surface area contributed by atoms with E-state index in [4.69, 9.17) is 0 Å². The molecule has 1 N–H and O–H groups in total. The average molecular weight is 457 g/mol. The van der Waals surface area contributed by atoms with E-state index in [0.717, 1.165) is 25.9 Å². The summed E-state index contributed by atoms with van der Waals surface area (Å²) in [4.78, 5) is 15.5. The molecule has 0 saturated carbocycles. The van der Waals surface area contributed by atoms with Crippen molar-refractivity contribution < 1.29 is 40.3 Å². The van der Waals surface area contributed by atoms with Gasteiger partial charge in [-0.05, 0) is 30.5 Å². The van der Waals surface area contributed by atoms with Gasteiger partial charge in [0.05, 0.1) is 5.69 Å². The van der Waals surface area contributed by atoms with E-state index in [1.54, 1.807) is 12.1 Å². The minimum Gasteiger partial charge on any atom is -0.442 e. The van der Waals surface area contributed by atoms with Crippen molar-refractivity contribution in [2.75, 3.05) is 37.6 Å². The van der Waals surface area contributed by atoms with E-state index >= 15 is 0 Å². The number of hydrogen-bond donors (Lipinski definition) is 1. The van der Waals surface area contributed by atoms with Crippen LogP contribution >= 0.6 is 0 Å². The maximum Gasteiger partial charge on any atom is 0.434 e. The molecule has 12 heteroatoms. The minimum atomic E-state index is -5.78. The van der Waals surface area contributed by atoms with Crippen LogP contribution in [0.1, 0.15) is 18.4 Å². The average Bonchev–Trinajstić information content (AvgIpc) is 3.19. The Morgan fingerprint density at radius 1 is 1.10 bits per heavy atom. The van der Waals surface area contributed by atoms with Gasteiger partial charge < -0.3 is 15.0 Å². The number of carbonyl (C=O) groups excluding carboxylic acids is 1. The van der Waals surface area contributed by atoms with Gasteiger partial charge in [0.2, 0.25) is 0 Å². The van der Waals surface area contributed by atoms with Gasteiger partial charge in [0.15, 0.2) is 0 Å². The Kier molecular flexibility index (Phi) is 6.99. The Morgan fingerprint density at radius 3 is 2.32 bits per heavy atom. The second-order valence-corrected chi connectivity index (χ2v) is 7.57. The van der Waals surface area contributed by atoms with Gasteiger partial charge in [-0.1, -0.05) is 6.07 Å². The Labute approximate surface area is 174 Å². The summed E-state index contributed by atoms with van der Waals surface area (Å²) in [5.41, 5.74) is 0.888. The molecule has 0 bridgehead atoms. The fourth-order valence-corrected chi connectivity index (χ4v) is 3.78. The van der Waals surface area contributed by atoms with E-state index < -0.39 is 36.3 Å². The molecule has 1 aromatic rings. The summed E-state index contributed by atoms with van der Waals surface area (Å²) in [5, 5.41) is 2.75. The number of benzene rings is 1. The SMILES string of the molecule is O=C(OC(C(F)(F)F)C(F)(F)F)C1CNCCN1Cc1ccc(N2CCCC2)c(F)c1. The lowest BCUT2D eigenvalue weighted by Gasteiger charge is -2.35. The number of nitrogens with zero attached hydrogens (tertiary/aromatic N) is 2. The number of piperazine rings is 1. The standard InChI is InChI=1S/C19H22F7N3O2/c20-13-9-12(3-4-14(13)28-6-1-2-7-28)11-29-8-5-27-10-15(29)16(30)31-17(18(21,22)23)19(24,25)26/h3-4,9,15,17,27H,1-2,5-8,10-11H2. The Hall–Kier alpha value is -2.08. The molecule has 2 aliphatic heterocycles. The van der Waals surface area contributed by atoms with E-state index in [0.29, 0.717) is 17.8 Å². The monoisotopic (exact) mass is 457 g/mol. The lowest BCUT2D eigenvalue weighted by atomic mass is 10.1. The zero-order valence-electron chi connectivity index (χ0n) is 16.4. The first-order valence-electron chi connectivity index (χ1n) is 9.79. The van der Waals surface area contributed by atoms with Crippen LogP contribution in [0, 0.1) is 5.82 Å². The number of esters is 1. The van der Waals surface area contributed by atoms with Gasteiger partial charge >= 0.3 is 18.3 Å².